The number of thiophene rings is 2. The van der Waals surface area contributed by atoms with E-state index in [2.05, 4.69) is 35.7 Å². The SMILES string of the molecule is C#CCC(NCCC)c1cc2sccc2s1. The Balaban J connectivity index is 2.18. The minimum Gasteiger partial charge on any atom is -0.308 e. The van der Waals surface area contributed by atoms with Gasteiger partial charge in [-0.3, -0.25) is 0 Å². The number of terminal acetylenes is 1. The van der Waals surface area contributed by atoms with Crippen LogP contribution >= 0.6 is 22.7 Å². The molecule has 0 fully saturated rings. The highest BCUT2D eigenvalue weighted by molar-refractivity contribution is 7.26. The van der Waals surface area contributed by atoms with Crippen LogP contribution in [0.25, 0.3) is 9.40 Å². The van der Waals surface area contributed by atoms with Gasteiger partial charge in [0.15, 0.2) is 0 Å². The first-order valence-electron chi connectivity index (χ1n) is 5.49. The van der Waals surface area contributed by atoms with Gasteiger partial charge in [-0.1, -0.05) is 6.92 Å². The van der Waals surface area contributed by atoms with Crippen molar-refractivity contribution in [1.82, 2.24) is 5.32 Å². The van der Waals surface area contributed by atoms with Crippen LogP contribution in [-0.2, 0) is 0 Å². The molecule has 1 atom stereocenters. The van der Waals surface area contributed by atoms with Crippen LogP contribution in [-0.4, -0.2) is 6.54 Å². The molecule has 0 aliphatic rings. The third-order valence-corrected chi connectivity index (χ3v) is 4.67. The second-order valence-corrected chi connectivity index (χ2v) is 5.78. The van der Waals surface area contributed by atoms with Crippen LogP contribution in [0.2, 0.25) is 0 Å². The maximum atomic E-state index is 5.43. The predicted molar refractivity (Wildman–Crippen MR) is 74.2 cm³/mol. The highest BCUT2D eigenvalue weighted by Gasteiger charge is 2.13. The lowest BCUT2D eigenvalue weighted by Crippen LogP contribution is -2.20. The van der Waals surface area contributed by atoms with Crippen molar-refractivity contribution in [3.05, 3.63) is 22.4 Å². The van der Waals surface area contributed by atoms with Gasteiger partial charge in [0, 0.05) is 20.7 Å². The number of hydrogen-bond acceptors (Lipinski definition) is 3. The molecule has 0 aliphatic carbocycles. The minimum atomic E-state index is 0.328. The molecule has 2 aromatic rings. The summed E-state index contributed by atoms with van der Waals surface area (Å²) in [6, 6.07) is 4.78. The lowest BCUT2D eigenvalue weighted by Gasteiger charge is -2.13. The molecule has 1 nitrogen and oxygen atoms in total. The summed E-state index contributed by atoms with van der Waals surface area (Å²) in [4.78, 5) is 1.37. The summed E-state index contributed by atoms with van der Waals surface area (Å²) in [6.45, 7) is 3.20. The molecule has 16 heavy (non-hydrogen) atoms. The Hall–Kier alpha value is -0.820. The van der Waals surface area contributed by atoms with Gasteiger partial charge in [0.1, 0.15) is 0 Å². The molecule has 0 radical (unpaired) electrons. The highest BCUT2D eigenvalue weighted by atomic mass is 32.1. The van der Waals surface area contributed by atoms with Crippen molar-refractivity contribution >= 4 is 32.1 Å². The van der Waals surface area contributed by atoms with E-state index in [0.717, 1.165) is 19.4 Å². The zero-order valence-electron chi connectivity index (χ0n) is 9.32. The lowest BCUT2D eigenvalue weighted by molar-refractivity contribution is 0.550. The lowest BCUT2D eigenvalue weighted by atomic mass is 10.1. The first-order chi connectivity index (χ1) is 7.85. The molecule has 0 aromatic carbocycles. The summed E-state index contributed by atoms with van der Waals surface area (Å²) in [6.07, 6.45) is 7.34. The van der Waals surface area contributed by atoms with E-state index in [9.17, 15) is 0 Å². The van der Waals surface area contributed by atoms with Gasteiger partial charge >= 0.3 is 0 Å². The molecular formula is C13H15NS2. The molecule has 0 saturated heterocycles. The van der Waals surface area contributed by atoms with E-state index < -0.39 is 0 Å². The topological polar surface area (TPSA) is 12.0 Å². The first kappa shape index (κ1) is 11.7. The van der Waals surface area contributed by atoms with Crippen molar-refractivity contribution in [2.45, 2.75) is 25.8 Å². The average Bonchev–Trinajstić information content (AvgIpc) is 2.84. The maximum absolute atomic E-state index is 5.43. The summed E-state index contributed by atoms with van der Waals surface area (Å²) >= 11 is 3.65. The zero-order chi connectivity index (χ0) is 11.4. The monoisotopic (exact) mass is 249 g/mol. The largest absolute Gasteiger partial charge is 0.308 e. The summed E-state index contributed by atoms with van der Waals surface area (Å²) in [7, 11) is 0. The average molecular weight is 249 g/mol. The van der Waals surface area contributed by atoms with Crippen LogP contribution in [0.4, 0.5) is 0 Å². The maximum Gasteiger partial charge on any atom is 0.0526 e. The molecule has 1 unspecified atom stereocenters. The van der Waals surface area contributed by atoms with E-state index in [1.807, 2.05) is 11.3 Å². The van der Waals surface area contributed by atoms with Gasteiger partial charge in [0.25, 0.3) is 0 Å². The van der Waals surface area contributed by atoms with Gasteiger partial charge in [-0.15, -0.1) is 35.0 Å². The third-order valence-electron chi connectivity index (χ3n) is 2.46. The van der Waals surface area contributed by atoms with Crippen molar-refractivity contribution in [3.63, 3.8) is 0 Å². The van der Waals surface area contributed by atoms with Crippen molar-refractivity contribution in [2.24, 2.45) is 0 Å². The van der Waals surface area contributed by atoms with Crippen LogP contribution in [0.3, 0.4) is 0 Å². The fourth-order valence-corrected chi connectivity index (χ4v) is 3.86. The van der Waals surface area contributed by atoms with Gasteiger partial charge in [0.05, 0.1) is 6.04 Å². The quantitative estimate of drug-likeness (QED) is 0.789. The normalized spacial score (nSPS) is 12.8. The van der Waals surface area contributed by atoms with Crippen molar-refractivity contribution in [3.8, 4) is 12.3 Å². The highest BCUT2D eigenvalue weighted by Crippen LogP contribution is 2.34. The van der Waals surface area contributed by atoms with Crippen LogP contribution < -0.4 is 5.32 Å². The molecule has 2 aromatic heterocycles. The van der Waals surface area contributed by atoms with Gasteiger partial charge in [0.2, 0.25) is 0 Å². The Morgan fingerprint density at radius 3 is 3.06 bits per heavy atom. The van der Waals surface area contributed by atoms with Crippen molar-refractivity contribution in [2.75, 3.05) is 6.54 Å². The Morgan fingerprint density at radius 2 is 2.38 bits per heavy atom. The Kier molecular flexibility index (Phi) is 4.00. The molecule has 0 amide bonds. The summed E-state index contributed by atoms with van der Waals surface area (Å²) in [5.41, 5.74) is 0. The van der Waals surface area contributed by atoms with E-state index in [1.165, 1.54) is 14.3 Å². The molecule has 2 heterocycles. The predicted octanol–water partition coefficient (Wildman–Crippen LogP) is 4.03. The van der Waals surface area contributed by atoms with E-state index in [0.29, 0.717) is 6.04 Å². The molecular weight excluding hydrogens is 234 g/mol. The molecule has 3 heteroatoms. The fraction of sp³-hybridized carbons (Fsp3) is 0.385. The van der Waals surface area contributed by atoms with Gasteiger partial charge in [-0.25, -0.2) is 0 Å². The molecule has 0 bridgehead atoms. The number of nitrogens with one attached hydrogen (secondary N) is 1. The standard InChI is InChI=1S/C13H15NS2/c1-3-5-10(14-7-4-2)12-9-13-11(16-12)6-8-15-13/h1,6,8-10,14H,4-5,7H2,2H3. The summed E-state index contributed by atoms with van der Waals surface area (Å²) < 4.78 is 2.75. The molecule has 84 valence electrons. The third kappa shape index (κ3) is 2.46. The van der Waals surface area contributed by atoms with Gasteiger partial charge in [-0.05, 0) is 30.5 Å². The fourth-order valence-electron chi connectivity index (χ4n) is 1.67. The molecule has 2 rings (SSSR count). The van der Waals surface area contributed by atoms with E-state index in [1.54, 1.807) is 11.3 Å². The zero-order valence-corrected chi connectivity index (χ0v) is 11.0. The minimum absolute atomic E-state index is 0.328. The smallest absolute Gasteiger partial charge is 0.0526 e. The molecule has 0 saturated carbocycles. The van der Waals surface area contributed by atoms with Gasteiger partial charge in [-0.2, -0.15) is 0 Å². The Morgan fingerprint density at radius 1 is 1.50 bits per heavy atom. The van der Waals surface area contributed by atoms with E-state index in [-0.39, 0.29) is 0 Å². The van der Waals surface area contributed by atoms with Crippen LogP contribution in [0.5, 0.6) is 0 Å². The Labute approximate surface area is 104 Å². The molecule has 1 N–H and O–H groups in total. The van der Waals surface area contributed by atoms with Gasteiger partial charge < -0.3 is 5.32 Å². The molecule has 0 spiro atoms. The second kappa shape index (κ2) is 5.49. The van der Waals surface area contributed by atoms with E-state index >= 15 is 0 Å². The second-order valence-electron chi connectivity index (χ2n) is 3.71. The number of rotatable bonds is 5. The number of fused-ring (bicyclic) bond motifs is 1. The van der Waals surface area contributed by atoms with Crippen LogP contribution in [0.1, 0.15) is 30.7 Å². The number of hydrogen-bond donors (Lipinski definition) is 1. The van der Waals surface area contributed by atoms with E-state index in [4.69, 9.17) is 6.42 Å². The van der Waals surface area contributed by atoms with Crippen molar-refractivity contribution in [1.29, 1.82) is 0 Å². The van der Waals surface area contributed by atoms with Crippen molar-refractivity contribution < 1.29 is 0 Å². The van der Waals surface area contributed by atoms with Crippen LogP contribution in [0.15, 0.2) is 17.5 Å². The van der Waals surface area contributed by atoms with Crippen LogP contribution in [0, 0.1) is 12.3 Å². The molecule has 0 aliphatic heterocycles. The first-order valence-corrected chi connectivity index (χ1v) is 7.18. The summed E-state index contributed by atoms with van der Waals surface area (Å²) in [5.74, 6) is 2.76. The summed E-state index contributed by atoms with van der Waals surface area (Å²) in [5, 5.41) is 5.65. The Bertz CT molecular complexity index is 461.